The van der Waals surface area contributed by atoms with Gasteiger partial charge in [-0.3, -0.25) is 4.79 Å². The van der Waals surface area contributed by atoms with Gasteiger partial charge in [0, 0.05) is 38.0 Å². The quantitative estimate of drug-likeness (QED) is 0.532. The second-order valence-electron chi connectivity index (χ2n) is 9.88. The molecule has 0 bridgehead atoms. The molecule has 4 N–H and O–H groups in total. The maximum absolute atomic E-state index is 13.3. The van der Waals surface area contributed by atoms with Gasteiger partial charge in [0.25, 0.3) is 0 Å². The molecule has 3 aliphatic rings. The van der Waals surface area contributed by atoms with Gasteiger partial charge in [0.05, 0.1) is 5.69 Å². The SMILES string of the molecule is Cc1nc(N[C@H]2C[C@@H](NC(=O)NC3CCC(F)(F)CC3)C2)nc2c1NC(=O)[C@H](C(C)C)N2C. The number of nitrogens with one attached hydrogen (secondary N) is 4. The fourth-order valence-electron chi connectivity index (χ4n) is 4.91. The van der Waals surface area contributed by atoms with Gasteiger partial charge in [0.2, 0.25) is 17.8 Å². The summed E-state index contributed by atoms with van der Waals surface area (Å²) < 4.78 is 26.5. The van der Waals surface area contributed by atoms with Crippen LogP contribution in [-0.4, -0.2) is 59.0 Å². The normalized spacial score (nSPS) is 26.8. The van der Waals surface area contributed by atoms with Crippen LogP contribution >= 0.6 is 0 Å². The molecule has 0 unspecified atom stereocenters. The molecule has 9 nitrogen and oxygen atoms in total. The Bertz CT molecular complexity index is 910. The van der Waals surface area contributed by atoms with E-state index in [0.717, 1.165) is 12.8 Å². The van der Waals surface area contributed by atoms with Crippen molar-refractivity contribution in [1.29, 1.82) is 0 Å². The first-order valence-corrected chi connectivity index (χ1v) is 11.7. The van der Waals surface area contributed by atoms with Crippen LogP contribution in [0.4, 0.5) is 31.0 Å². The summed E-state index contributed by atoms with van der Waals surface area (Å²) in [7, 11) is 1.87. The Labute approximate surface area is 192 Å². The van der Waals surface area contributed by atoms with E-state index in [1.54, 1.807) is 0 Å². The van der Waals surface area contributed by atoms with Crippen LogP contribution in [0.25, 0.3) is 0 Å². The van der Waals surface area contributed by atoms with Crippen LogP contribution < -0.4 is 26.2 Å². The number of amides is 3. The number of aromatic nitrogens is 2. The lowest BCUT2D eigenvalue weighted by Gasteiger charge is -2.38. The molecule has 33 heavy (non-hydrogen) atoms. The van der Waals surface area contributed by atoms with Crippen molar-refractivity contribution in [3.63, 3.8) is 0 Å². The zero-order chi connectivity index (χ0) is 23.9. The predicted molar refractivity (Wildman–Crippen MR) is 122 cm³/mol. The molecule has 11 heteroatoms. The van der Waals surface area contributed by atoms with Crippen molar-refractivity contribution in [2.75, 3.05) is 22.6 Å². The number of aryl methyl sites for hydroxylation is 1. The number of likely N-dealkylation sites (N-methyl/N-ethyl adjacent to an activating group) is 1. The van der Waals surface area contributed by atoms with Crippen molar-refractivity contribution >= 4 is 29.4 Å². The summed E-state index contributed by atoms with van der Waals surface area (Å²) in [6.45, 7) is 5.84. The lowest BCUT2D eigenvalue weighted by atomic mass is 9.87. The molecule has 2 fully saturated rings. The van der Waals surface area contributed by atoms with Gasteiger partial charge in [-0.1, -0.05) is 13.8 Å². The molecule has 0 aromatic carbocycles. The number of nitrogens with zero attached hydrogens (tertiary/aromatic N) is 3. The van der Waals surface area contributed by atoms with Crippen molar-refractivity contribution < 1.29 is 18.4 Å². The van der Waals surface area contributed by atoms with Crippen molar-refractivity contribution in [1.82, 2.24) is 20.6 Å². The summed E-state index contributed by atoms with van der Waals surface area (Å²) in [6, 6.07) is -0.667. The van der Waals surface area contributed by atoms with E-state index in [2.05, 4.69) is 31.2 Å². The second-order valence-corrected chi connectivity index (χ2v) is 9.88. The number of carbonyl (C=O) groups is 2. The minimum absolute atomic E-state index is 0.0125. The Balaban J connectivity index is 1.28. The van der Waals surface area contributed by atoms with Crippen molar-refractivity contribution in [3.8, 4) is 0 Å². The molecule has 0 spiro atoms. The van der Waals surface area contributed by atoms with E-state index in [-0.39, 0.29) is 54.9 Å². The smallest absolute Gasteiger partial charge is 0.315 e. The van der Waals surface area contributed by atoms with Gasteiger partial charge in [0.15, 0.2) is 5.82 Å². The van der Waals surface area contributed by atoms with Crippen LogP contribution in [0.1, 0.15) is 58.1 Å². The average Bonchev–Trinajstić information content (AvgIpc) is 2.69. The Kier molecular flexibility index (Phi) is 6.32. The summed E-state index contributed by atoms with van der Waals surface area (Å²) in [6.07, 6.45) is 1.69. The number of hydrogen-bond acceptors (Lipinski definition) is 6. The molecule has 4 rings (SSSR count). The third-order valence-electron chi connectivity index (χ3n) is 6.83. The zero-order valence-corrected chi connectivity index (χ0v) is 19.5. The summed E-state index contributed by atoms with van der Waals surface area (Å²) in [5.74, 6) is -1.35. The topological polar surface area (TPSA) is 111 Å². The number of hydrogen-bond donors (Lipinski definition) is 4. The molecule has 1 aromatic rings. The van der Waals surface area contributed by atoms with Crippen molar-refractivity contribution in [2.45, 2.75) is 89.4 Å². The summed E-state index contributed by atoms with van der Waals surface area (Å²) in [5.41, 5.74) is 1.33. The Morgan fingerprint density at radius 1 is 1.12 bits per heavy atom. The van der Waals surface area contributed by atoms with E-state index in [4.69, 9.17) is 0 Å². The monoisotopic (exact) mass is 465 g/mol. The van der Waals surface area contributed by atoms with Crippen LogP contribution in [0.5, 0.6) is 0 Å². The van der Waals surface area contributed by atoms with Gasteiger partial charge in [-0.2, -0.15) is 4.98 Å². The second kappa shape index (κ2) is 8.90. The van der Waals surface area contributed by atoms with Gasteiger partial charge >= 0.3 is 6.03 Å². The zero-order valence-electron chi connectivity index (χ0n) is 19.5. The summed E-state index contributed by atoms with van der Waals surface area (Å²) in [5, 5.41) is 12.0. The number of fused-ring (bicyclic) bond motifs is 1. The molecule has 1 atom stereocenters. The van der Waals surface area contributed by atoms with E-state index < -0.39 is 5.92 Å². The van der Waals surface area contributed by atoms with Gasteiger partial charge in [-0.15, -0.1) is 0 Å². The molecule has 2 saturated carbocycles. The molecule has 182 valence electrons. The van der Waals surface area contributed by atoms with Crippen LogP contribution in [0.3, 0.4) is 0 Å². The fourth-order valence-corrected chi connectivity index (χ4v) is 4.91. The number of urea groups is 1. The van der Waals surface area contributed by atoms with Gasteiger partial charge < -0.3 is 26.2 Å². The highest BCUT2D eigenvalue weighted by molar-refractivity contribution is 6.03. The Morgan fingerprint density at radius 3 is 2.39 bits per heavy atom. The maximum Gasteiger partial charge on any atom is 0.315 e. The summed E-state index contributed by atoms with van der Waals surface area (Å²) >= 11 is 0. The number of rotatable bonds is 5. The first kappa shape index (κ1) is 23.4. The van der Waals surface area contributed by atoms with E-state index in [1.165, 1.54) is 0 Å². The summed E-state index contributed by atoms with van der Waals surface area (Å²) in [4.78, 5) is 35.7. The van der Waals surface area contributed by atoms with Crippen LogP contribution in [0.2, 0.25) is 0 Å². The predicted octanol–water partition coefficient (Wildman–Crippen LogP) is 3.02. The highest BCUT2D eigenvalue weighted by Gasteiger charge is 2.38. The van der Waals surface area contributed by atoms with Crippen LogP contribution in [0, 0.1) is 12.8 Å². The van der Waals surface area contributed by atoms with Gasteiger partial charge in [0.1, 0.15) is 11.7 Å². The van der Waals surface area contributed by atoms with E-state index >= 15 is 0 Å². The lowest BCUT2D eigenvalue weighted by molar-refractivity contribution is -0.118. The standard InChI is InChI=1S/C22H33F2N7O2/c1-11(2)17-19(32)29-16-12(3)25-20(30-18(16)31(17)4)26-14-9-15(10-14)28-21(33)27-13-5-7-22(23,24)8-6-13/h11,13-15,17H,5-10H2,1-4H3,(H,29,32)(H,25,26,30)(H2,27,28,33)/t14-,15+,17-/m0/s1. The first-order chi connectivity index (χ1) is 15.5. The van der Waals surface area contributed by atoms with Gasteiger partial charge in [-0.05, 0) is 38.5 Å². The Hall–Kier alpha value is -2.72. The average molecular weight is 466 g/mol. The van der Waals surface area contributed by atoms with E-state index in [9.17, 15) is 18.4 Å². The maximum atomic E-state index is 13.3. The third-order valence-corrected chi connectivity index (χ3v) is 6.83. The van der Waals surface area contributed by atoms with Crippen molar-refractivity contribution in [2.24, 2.45) is 5.92 Å². The number of carbonyl (C=O) groups excluding carboxylic acids is 2. The molecule has 3 amide bonds. The molecular formula is C22H33F2N7O2. The number of alkyl halides is 2. The fraction of sp³-hybridized carbons (Fsp3) is 0.727. The highest BCUT2D eigenvalue weighted by Crippen LogP contribution is 2.35. The lowest BCUT2D eigenvalue weighted by Crippen LogP contribution is -2.54. The minimum atomic E-state index is -2.60. The molecule has 2 aliphatic carbocycles. The molecule has 1 aromatic heterocycles. The van der Waals surface area contributed by atoms with Crippen LogP contribution in [0.15, 0.2) is 0 Å². The molecule has 0 radical (unpaired) electrons. The highest BCUT2D eigenvalue weighted by atomic mass is 19.3. The van der Waals surface area contributed by atoms with Crippen molar-refractivity contribution in [3.05, 3.63) is 5.69 Å². The van der Waals surface area contributed by atoms with E-state index in [1.807, 2.05) is 32.7 Å². The number of halogens is 2. The Morgan fingerprint density at radius 2 is 1.76 bits per heavy atom. The first-order valence-electron chi connectivity index (χ1n) is 11.7. The molecule has 2 heterocycles. The van der Waals surface area contributed by atoms with E-state index in [0.29, 0.717) is 36.0 Å². The number of anilines is 3. The largest absolute Gasteiger partial charge is 0.351 e. The molecule has 0 saturated heterocycles. The molecular weight excluding hydrogens is 432 g/mol. The minimum Gasteiger partial charge on any atom is -0.351 e. The van der Waals surface area contributed by atoms with Gasteiger partial charge in [-0.25, -0.2) is 18.6 Å². The van der Waals surface area contributed by atoms with Crippen LogP contribution in [-0.2, 0) is 4.79 Å². The molecule has 1 aliphatic heterocycles. The third kappa shape index (κ3) is 5.11.